The van der Waals surface area contributed by atoms with Gasteiger partial charge in [0.25, 0.3) is 0 Å². The number of hydrogen-bond acceptors (Lipinski definition) is 5. The van der Waals surface area contributed by atoms with Gasteiger partial charge in [-0.3, -0.25) is 0 Å². The van der Waals surface area contributed by atoms with Gasteiger partial charge in [0.05, 0.1) is 16.6 Å². The second-order valence-corrected chi connectivity index (χ2v) is 7.48. The maximum Gasteiger partial charge on any atom is 0.182 e. The fraction of sp³-hybridized carbons (Fsp3) is 0.167. The van der Waals surface area contributed by atoms with Crippen LogP contribution in [-0.4, -0.2) is 12.1 Å². The predicted molar refractivity (Wildman–Crippen MR) is 106 cm³/mol. The number of benzene rings is 2. The summed E-state index contributed by atoms with van der Waals surface area (Å²) in [5.74, 6) is 0.772. The number of rotatable bonds is 7. The highest BCUT2D eigenvalue weighted by Crippen LogP contribution is 2.37. The monoisotopic (exact) mass is 456 g/mol. The van der Waals surface area contributed by atoms with E-state index in [0.29, 0.717) is 28.6 Å². The molecule has 1 aromatic heterocycles. The van der Waals surface area contributed by atoms with E-state index in [-0.39, 0.29) is 12.4 Å². The topological polar surface area (TPSA) is 43.4 Å². The number of nitrogens with zero attached hydrogens (tertiary/aromatic N) is 1. The van der Waals surface area contributed by atoms with Crippen LogP contribution in [0.15, 0.2) is 46.4 Å². The number of methoxy groups -OCH3 is 1. The average Bonchev–Trinajstić information content (AvgIpc) is 3.13. The van der Waals surface area contributed by atoms with Crippen LogP contribution in [0.4, 0.5) is 9.52 Å². The van der Waals surface area contributed by atoms with Crippen LogP contribution in [0.25, 0.3) is 0 Å². The van der Waals surface area contributed by atoms with Gasteiger partial charge in [-0.05, 0) is 45.8 Å². The van der Waals surface area contributed by atoms with E-state index in [9.17, 15) is 4.39 Å². The molecule has 0 saturated heterocycles. The Morgan fingerprint density at radius 1 is 1.31 bits per heavy atom. The average molecular weight is 458 g/mol. The first-order valence-corrected chi connectivity index (χ1v) is 9.68. The highest BCUT2D eigenvalue weighted by molar-refractivity contribution is 9.10. The summed E-state index contributed by atoms with van der Waals surface area (Å²) in [5.41, 5.74) is 1.70. The molecule has 0 saturated carbocycles. The molecule has 26 heavy (non-hydrogen) atoms. The molecule has 0 fully saturated rings. The Morgan fingerprint density at radius 3 is 2.85 bits per heavy atom. The van der Waals surface area contributed by atoms with E-state index in [1.54, 1.807) is 19.4 Å². The molecule has 0 spiro atoms. The third kappa shape index (κ3) is 4.66. The minimum Gasteiger partial charge on any atom is -0.493 e. The fourth-order valence-electron chi connectivity index (χ4n) is 2.29. The van der Waals surface area contributed by atoms with Crippen molar-refractivity contribution in [1.82, 2.24) is 4.98 Å². The summed E-state index contributed by atoms with van der Waals surface area (Å²) >= 11 is 11.1. The Kier molecular flexibility index (Phi) is 6.34. The maximum atomic E-state index is 13.2. The maximum absolute atomic E-state index is 13.2. The third-order valence-corrected chi connectivity index (χ3v) is 5.22. The summed E-state index contributed by atoms with van der Waals surface area (Å²) in [5, 5.41) is 6.34. The summed E-state index contributed by atoms with van der Waals surface area (Å²) in [4.78, 5) is 4.19. The predicted octanol–water partition coefficient (Wildman–Crippen LogP) is 5.90. The van der Waals surface area contributed by atoms with E-state index in [1.165, 1.54) is 23.5 Å². The van der Waals surface area contributed by atoms with Gasteiger partial charge in [0, 0.05) is 23.7 Å². The second kappa shape index (κ2) is 8.70. The van der Waals surface area contributed by atoms with Crippen molar-refractivity contribution in [3.8, 4) is 11.5 Å². The molecule has 4 nitrogen and oxygen atoms in total. The van der Waals surface area contributed by atoms with Crippen molar-refractivity contribution >= 4 is 44.0 Å². The minimum atomic E-state index is -0.380. The molecule has 0 aliphatic rings. The molecule has 1 N–H and O–H groups in total. The van der Waals surface area contributed by atoms with Crippen LogP contribution < -0.4 is 14.8 Å². The van der Waals surface area contributed by atoms with E-state index in [2.05, 4.69) is 26.2 Å². The third-order valence-electron chi connectivity index (χ3n) is 3.55. The van der Waals surface area contributed by atoms with Crippen molar-refractivity contribution in [2.75, 3.05) is 12.4 Å². The van der Waals surface area contributed by atoms with Gasteiger partial charge in [-0.25, -0.2) is 9.37 Å². The number of aromatic nitrogens is 1. The molecule has 3 aromatic rings. The Hall–Kier alpha value is -1.83. The van der Waals surface area contributed by atoms with E-state index >= 15 is 0 Å². The van der Waals surface area contributed by atoms with Gasteiger partial charge in [-0.2, -0.15) is 0 Å². The van der Waals surface area contributed by atoms with Gasteiger partial charge >= 0.3 is 0 Å². The lowest BCUT2D eigenvalue weighted by molar-refractivity contribution is 0.282. The standard InChI is InChI=1S/C18H15BrClFN2O2S/c1-24-16-7-11(9-23-18-22-4-5-26-18)6-14(19)17(16)25-10-12-2-3-13(21)8-15(12)20/h2-8H,9-10H2,1H3,(H,22,23). The largest absolute Gasteiger partial charge is 0.493 e. The smallest absolute Gasteiger partial charge is 0.182 e. The molecule has 0 amide bonds. The molecule has 0 atom stereocenters. The van der Waals surface area contributed by atoms with Gasteiger partial charge in [-0.1, -0.05) is 17.7 Å². The lowest BCUT2D eigenvalue weighted by atomic mass is 10.2. The van der Waals surface area contributed by atoms with Gasteiger partial charge < -0.3 is 14.8 Å². The Balaban J connectivity index is 1.74. The van der Waals surface area contributed by atoms with Gasteiger partial charge in [0.1, 0.15) is 12.4 Å². The van der Waals surface area contributed by atoms with Crippen LogP contribution in [0.5, 0.6) is 11.5 Å². The lowest BCUT2D eigenvalue weighted by Gasteiger charge is -2.15. The molecule has 0 unspecified atom stereocenters. The molecule has 0 radical (unpaired) electrons. The summed E-state index contributed by atoms with van der Waals surface area (Å²) in [7, 11) is 1.58. The molecule has 136 valence electrons. The van der Waals surface area contributed by atoms with Crippen LogP contribution in [0.2, 0.25) is 5.02 Å². The van der Waals surface area contributed by atoms with Crippen molar-refractivity contribution in [1.29, 1.82) is 0 Å². The van der Waals surface area contributed by atoms with Crippen molar-refractivity contribution in [2.24, 2.45) is 0 Å². The number of thiazole rings is 1. The Morgan fingerprint density at radius 2 is 2.15 bits per heavy atom. The number of ether oxygens (including phenoxy) is 2. The zero-order chi connectivity index (χ0) is 18.5. The first-order valence-electron chi connectivity index (χ1n) is 7.63. The number of nitrogens with one attached hydrogen (secondary N) is 1. The van der Waals surface area contributed by atoms with Crippen molar-refractivity contribution in [3.63, 3.8) is 0 Å². The Labute approximate surface area is 168 Å². The zero-order valence-corrected chi connectivity index (χ0v) is 16.9. The summed E-state index contributed by atoms with van der Waals surface area (Å²) in [6.07, 6.45) is 1.75. The molecule has 0 aliphatic carbocycles. The molecule has 3 rings (SSSR count). The van der Waals surface area contributed by atoms with Crippen LogP contribution in [0.1, 0.15) is 11.1 Å². The minimum absolute atomic E-state index is 0.199. The number of anilines is 1. The highest BCUT2D eigenvalue weighted by atomic mass is 79.9. The van der Waals surface area contributed by atoms with Crippen LogP contribution in [0, 0.1) is 5.82 Å². The van der Waals surface area contributed by atoms with Gasteiger partial charge in [0.15, 0.2) is 16.6 Å². The zero-order valence-electron chi connectivity index (χ0n) is 13.8. The SMILES string of the molecule is COc1cc(CNc2nccs2)cc(Br)c1OCc1ccc(F)cc1Cl. The highest BCUT2D eigenvalue weighted by Gasteiger charge is 2.13. The van der Waals surface area contributed by atoms with Gasteiger partial charge in [0.2, 0.25) is 0 Å². The summed E-state index contributed by atoms with van der Waals surface area (Å²) in [6, 6.07) is 8.06. The van der Waals surface area contributed by atoms with Crippen molar-refractivity contribution in [3.05, 3.63) is 68.3 Å². The van der Waals surface area contributed by atoms with E-state index in [0.717, 1.165) is 15.2 Å². The molecule has 8 heteroatoms. The Bertz CT molecular complexity index is 893. The van der Waals surface area contributed by atoms with Crippen LogP contribution in [0.3, 0.4) is 0 Å². The first kappa shape index (κ1) is 18.9. The van der Waals surface area contributed by atoms with Crippen molar-refractivity contribution in [2.45, 2.75) is 13.2 Å². The van der Waals surface area contributed by atoms with E-state index < -0.39 is 0 Å². The normalized spacial score (nSPS) is 10.6. The van der Waals surface area contributed by atoms with Crippen LogP contribution >= 0.6 is 38.9 Å². The molecule has 2 aromatic carbocycles. The number of hydrogen-bond donors (Lipinski definition) is 1. The quantitative estimate of drug-likeness (QED) is 0.480. The molecule has 1 heterocycles. The summed E-state index contributed by atoms with van der Waals surface area (Å²) < 4.78 is 25.2. The fourth-order valence-corrected chi connectivity index (χ4v) is 3.65. The van der Waals surface area contributed by atoms with Crippen LogP contribution in [-0.2, 0) is 13.2 Å². The molecule has 0 aliphatic heterocycles. The first-order chi connectivity index (χ1) is 12.6. The van der Waals surface area contributed by atoms with E-state index in [1.807, 2.05) is 17.5 Å². The number of halogens is 3. The molecule has 0 bridgehead atoms. The van der Waals surface area contributed by atoms with E-state index in [4.69, 9.17) is 21.1 Å². The summed E-state index contributed by atoms with van der Waals surface area (Å²) in [6.45, 7) is 0.803. The lowest BCUT2D eigenvalue weighted by Crippen LogP contribution is -2.03. The molecular weight excluding hydrogens is 443 g/mol. The van der Waals surface area contributed by atoms with Gasteiger partial charge in [-0.15, -0.1) is 11.3 Å². The molecular formula is C18H15BrClFN2O2S. The van der Waals surface area contributed by atoms with Crippen molar-refractivity contribution < 1.29 is 13.9 Å². The second-order valence-electron chi connectivity index (χ2n) is 5.32.